The molecule has 0 atom stereocenters. The molecule has 20 heavy (non-hydrogen) atoms. The second-order valence-corrected chi connectivity index (χ2v) is 3.84. The van der Waals surface area contributed by atoms with E-state index in [-0.39, 0.29) is 17.5 Å². The van der Waals surface area contributed by atoms with Crippen LogP contribution in [0.2, 0.25) is 0 Å². The predicted molar refractivity (Wildman–Crippen MR) is 62.8 cm³/mol. The number of carbonyl (C=O) groups excluding carboxylic acids is 1. The number of rotatable bonds is 2. The van der Waals surface area contributed by atoms with E-state index < -0.39 is 23.3 Å². The molecule has 0 fully saturated rings. The van der Waals surface area contributed by atoms with E-state index in [0.717, 1.165) is 12.1 Å². The minimum atomic E-state index is -4.64. The van der Waals surface area contributed by atoms with E-state index >= 15 is 0 Å². The van der Waals surface area contributed by atoms with Crippen molar-refractivity contribution in [2.45, 2.75) is 13.1 Å². The van der Waals surface area contributed by atoms with Crippen LogP contribution >= 0.6 is 0 Å². The summed E-state index contributed by atoms with van der Waals surface area (Å²) in [6.07, 6.45) is -4.64. The lowest BCUT2D eigenvalue weighted by atomic mass is 10.1. The van der Waals surface area contributed by atoms with Gasteiger partial charge in [0.1, 0.15) is 0 Å². The molecule has 0 saturated heterocycles. The second-order valence-electron chi connectivity index (χ2n) is 3.84. The van der Waals surface area contributed by atoms with Crippen LogP contribution in [0.25, 0.3) is 0 Å². The number of anilines is 2. The molecule has 0 unspecified atom stereocenters. The molecule has 9 heteroatoms. The number of hydrogen-bond donors (Lipinski definition) is 2. The first-order chi connectivity index (χ1) is 9.29. The van der Waals surface area contributed by atoms with Crippen LogP contribution in [-0.4, -0.2) is 16.1 Å². The number of nitrogens with two attached hydrogens (primary N) is 1. The first-order valence-corrected chi connectivity index (χ1v) is 5.36. The number of aromatic nitrogens is 2. The van der Waals surface area contributed by atoms with E-state index in [0.29, 0.717) is 0 Å². The quantitative estimate of drug-likeness (QED) is 0.825. The zero-order valence-electron chi connectivity index (χ0n) is 10.2. The average molecular weight is 286 g/mol. The number of nitrogens with one attached hydrogen (secondary N) is 1. The highest BCUT2D eigenvalue weighted by molar-refractivity contribution is 6.07. The lowest BCUT2D eigenvalue weighted by Crippen LogP contribution is -2.17. The Morgan fingerprint density at radius 3 is 2.60 bits per heavy atom. The van der Waals surface area contributed by atoms with E-state index in [1.54, 1.807) is 0 Å². The minimum absolute atomic E-state index is 0.206. The standard InChI is InChI=1S/C11H9F3N4O2/c1-5-17-18-10(20-5)16-9(19)6-3-2-4-7(8(6)15)11(12,13)14/h2-4H,15H2,1H3,(H,16,18,19). The van der Waals surface area contributed by atoms with Crippen LogP contribution in [0, 0.1) is 6.92 Å². The third kappa shape index (κ3) is 2.71. The SMILES string of the molecule is Cc1nnc(NC(=O)c2cccc(C(F)(F)F)c2N)o1. The molecule has 0 aliphatic carbocycles. The molecule has 1 heterocycles. The van der Waals surface area contributed by atoms with Crippen molar-refractivity contribution in [3.05, 3.63) is 35.2 Å². The molecular formula is C11H9F3N4O2. The lowest BCUT2D eigenvalue weighted by molar-refractivity contribution is -0.136. The molecule has 1 amide bonds. The zero-order valence-corrected chi connectivity index (χ0v) is 10.2. The third-order valence-electron chi connectivity index (χ3n) is 2.40. The van der Waals surface area contributed by atoms with Gasteiger partial charge < -0.3 is 10.2 Å². The second kappa shape index (κ2) is 4.83. The molecule has 1 aromatic carbocycles. The summed E-state index contributed by atoms with van der Waals surface area (Å²) in [5.41, 5.74) is 3.32. The monoisotopic (exact) mass is 286 g/mol. The summed E-state index contributed by atoms with van der Waals surface area (Å²) in [7, 11) is 0. The summed E-state index contributed by atoms with van der Waals surface area (Å²) < 4.78 is 42.9. The smallest absolute Gasteiger partial charge is 0.408 e. The number of aryl methyl sites for hydroxylation is 1. The van der Waals surface area contributed by atoms with E-state index in [1.165, 1.54) is 13.0 Å². The van der Waals surface area contributed by atoms with E-state index in [1.807, 2.05) is 0 Å². The Morgan fingerprint density at radius 2 is 2.05 bits per heavy atom. The normalized spacial score (nSPS) is 11.4. The number of amides is 1. The molecule has 6 nitrogen and oxygen atoms in total. The zero-order chi connectivity index (χ0) is 14.9. The molecule has 0 saturated carbocycles. The number of para-hydroxylation sites is 1. The van der Waals surface area contributed by atoms with Gasteiger partial charge in [0.2, 0.25) is 5.89 Å². The molecule has 3 N–H and O–H groups in total. The summed E-state index contributed by atoms with van der Waals surface area (Å²) in [5.74, 6) is -0.658. The van der Waals surface area contributed by atoms with Crippen LogP contribution in [0.4, 0.5) is 24.9 Å². The molecular weight excluding hydrogens is 277 g/mol. The van der Waals surface area contributed by atoms with Gasteiger partial charge in [-0.2, -0.15) is 13.2 Å². The Balaban J connectivity index is 2.31. The molecule has 0 aliphatic heterocycles. The van der Waals surface area contributed by atoms with Crippen molar-refractivity contribution >= 4 is 17.6 Å². The van der Waals surface area contributed by atoms with E-state index in [2.05, 4.69) is 15.5 Å². The van der Waals surface area contributed by atoms with Crippen molar-refractivity contribution < 1.29 is 22.4 Å². The number of carbonyl (C=O) groups is 1. The first-order valence-electron chi connectivity index (χ1n) is 5.36. The van der Waals surface area contributed by atoms with Crippen molar-refractivity contribution in [3.63, 3.8) is 0 Å². The van der Waals surface area contributed by atoms with Gasteiger partial charge >= 0.3 is 12.2 Å². The molecule has 0 spiro atoms. The van der Waals surface area contributed by atoms with Gasteiger partial charge in [-0.05, 0) is 12.1 Å². The molecule has 106 valence electrons. The Morgan fingerprint density at radius 1 is 1.35 bits per heavy atom. The molecule has 0 aliphatic rings. The van der Waals surface area contributed by atoms with Gasteiger partial charge in [-0.15, -0.1) is 5.10 Å². The number of alkyl halides is 3. The van der Waals surface area contributed by atoms with Crippen LogP contribution < -0.4 is 11.1 Å². The van der Waals surface area contributed by atoms with Crippen molar-refractivity contribution in [3.8, 4) is 0 Å². The van der Waals surface area contributed by atoms with Gasteiger partial charge in [-0.3, -0.25) is 10.1 Å². The van der Waals surface area contributed by atoms with Gasteiger partial charge in [0.05, 0.1) is 16.8 Å². The van der Waals surface area contributed by atoms with Gasteiger partial charge in [0, 0.05) is 6.92 Å². The highest BCUT2D eigenvalue weighted by atomic mass is 19.4. The largest absolute Gasteiger partial charge is 0.418 e. The summed E-state index contributed by atoms with van der Waals surface area (Å²) in [5, 5.41) is 9.14. The summed E-state index contributed by atoms with van der Waals surface area (Å²) >= 11 is 0. The average Bonchev–Trinajstić information content (AvgIpc) is 2.73. The van der Waals surface area contributed by atoms with Crippen LogP contribution in [0.5, 0.6) is 0 Å². The summed E-state index contributed by atoms with van der Waals surface area (Å²) in [4.78, 5) is 11.8. The van der Waals surface area contributed by atoms with Crippen LogP contribution in [0.15, 0.2) is 22.6 Å². The maximum Gasteiger partial charge on any atom is 0.418 e. The Labute approximate surface area is 110 Å². The van der Waals surface area contributed by atoms with Gasteiger partial charge in [-0.1, -0.05) is 11.2 Å². The number of nitrogen functional groups attached to an aromatic ring is 1. The van der Waals surface area contributed by atoms with Gasteiger partial charge in [0.15, 0.2) is 0 Å². The number of nitrogens with zero attached hydrogens (tertiary/aromatic N) is 2. The Bertz CT molecular complexity index is 651. The molecule has 0 bridgehead atoms. The van der Waals surface area contributed by atoms with E-state index in [9.17, 15) is 18.0 Å². The number of halogens is 3. The Hall–Kier alpha value is -2.58. The molecule has 2 rings (SSSR count). The van der Waals surface area contributed by atoms with Crippen molar-refractivity contribution in [2.75, 3.05) is 11.1 Å². The van der Waals surface area contributed by atoms with Crippen molar-refractivity contribution in [2.24, 2.45) is 0 Å². The maximum atomic E-state index is 12.7. The molecule has 2 aromatic rings. The molecule has 0 radical (unpaired) electrons. The van der Waals surface area contributed by atoms with Crippen LogP contribution in [0.3, 0.4) is 0 Å². The summed E-state index contributed by atoms with van der Waals surface area (Å²) in [6, 6.07) is 2.84. The van der Waals surface area contributed by atoms with E-state index in [4.69, 9.17) is 10.2 Å². The Kier molecular flexibility index (Phi) is 3.35. The highest BCUT2D eigenvalue weighted by Gasteiger charge is 2.34. The number of hydrogen-bond acceptors (Lipinski definition) is 5. The fourth-order valence-corrected chi connectivity index (χ4v) is 1.52. The topological polar surface area (TPSA) is 94.0 Å². The van der Waals surface area contributed by atoms with Crippen LogP contribution in [0.1, 0.15) is 21.8 Å². The minimum Gasteiger partial charge on any atom is -0.408 e. The van der Waals surface area contributed by atoms with Gasteiger partial charge in [-0.25, -0.2) is 0 Å². The lowest BCUT2D eigenvalue weighted by Gasteiger charge is -2.12. The fraction of sp³-hybridized carbons (Fsp3) is 0.182. The van der Waals surface area contributed by atoms with Crippen molar-refractivity contribution in [1.82, 2.24) is 10.2 Å². The predicted octanol–water partition coefficient (Wildman–Crippen LogP) is 2.23. The number of benzene rings is 1. The fourth-order valence-electron chi connectivity index (χ4n) is 1.52. The maximum absolute atomic E-state index is 12.7. The van der Waals surface area contributed by atoms with Crippen molar-refractivity contribution in [1.29, 1.82) is 0 Å². The first kappa shape index (κ1) is 13.8. The summed E-state index contributed by atoms with van der Waals surface area (Å²) in [6.45, 7) is 1.50. The highest BCUT2D eigenvalue weighted by Crippen LogP contribution is 2.35. The third-order valence-corrected chi connectivity index (χ3v) is 2.40. The van der Waals surface area contributed by atoms with Gasteiger partial charge in [0.25, 0.3) is 5.91 Å². The van der Waals surface area contributed by atoms with Crippen LogP contribution in [-0.2, 0) is 6.18 Å². The molecule has 1 aromatic heterocycles.